The van der Waals surface area contributed by atoms with Crippen LogP contribution in [-0.4, -0.2) is 12.2 Å². The summed E-state index contributed by atoms with van der Waals surface area (Å²) in [6.07, 6.45) is 1.77. The number of guanidine groups is 1. The Labute approximate surface area is 93.3 Å². The van der Waals surface area contributed by atoms with Crippen LogP contribution in [0.2, 0.25) is 0 Å². The number of nitrogens with two attached hydrogens (primary N) is 2. The quantitative estimate of drug-likeness (QED) is 0.358. The molecule has 0 heterocycles. The van der Waals surface area contributed by atoms with Gasteiger partial charge in [-0.2, -0.15) is 0 Å². The van der Waals surface area contributed by atoms with Gasteiger partial charge < -0.3 is 11.5 Å². The van der Waals surface area contributed by atoms with E-state index >= 15 is 0 Å². The molecular weight excluding hydrogens is 200 g/mol. The van der Waals surface area contributed by atoms with E-state index in [4.69, 9.17) is 11.5 Å². The smallest absolute Gasteiger partial charge is 0.256 e. The standard InChI is InChI=1S/C12H12N4/c13-12(14)16-15-8-10-6-3-5-9-4-1-2-7-11(9)10/h1-8H,(H4,13,14,16)/p+1/b15-8+. The highest BCUT2D eigenvalue weighted by molar-refractivity contribution is 5.97. The summed E-state index contributed by atoms with van der Waals surface area (Å²) in [5.74, 6) is 0.0106. The highest BCUT2D eigenvalue weighted by Crippen LogP contribution is 2.15. The minimum Gasteiger partial charge on any atom is -0.365 e. The van der Waals surface area contributed by atoms with Gasteiger partial charge >= 0.3 is 0 Å². The van der Waals surface area contributed by atoms with Crippen LogP contribution in [0.15, 0.2) is 47.6 Å². The molecule has 0 saturated heterocycles. The lowest BCUT2D eigenvalue weighted by molar-refractivity contribution is -0.456. The number of nitrogens with zero attached hydrogens (tertiary/aromatic N) is 1. The molecule has 0 aliphatic carbocycles. The third-order valence-electron chi connectivity index (χ3n) is 2.24. The highest BCUT2D eigenvalue weighted by atomic mass is 15.3. The Bertz CT molecular complexity index is 548. The number of hydrogen-bond acceptors (Lipinski definition) is 1. The first-order chi connectivity index (χ1) is 7.77. The van der Waals surface area contributed by atoms with Crippen molar-refractivity contribution in [2.24, 2.45) is 16.6 Å². The maximum atomic E-state index is 5.21. The van der Waals surface area contributed by atoms with Crippen molar-refractivity contribution < 1.29 is 5.10 Å². The zero-order valence-electron chi connectivity index (χ0n) is 8.72. The summed E-state index contributed by atoms with van der Waals surface area (Å²) >= 11 is 0. The molecule has 0 saturated carbocycles. The van der Waals surface area contributed by atoms with Crippen LogP contribution < -0.4 is 16.6 Å². The molecule has 5 N–H and O–H groups in total. The second-order valence-electron chi connectivity index (χ2n) is 3.38. The molecule has 0 fully saturated rings. The first-order valence-electron chi connectivity index (χ1n) is 4.92. The van der Waals surface area contributed by atoms with Crippen molar-refractivity contribution in [2.45, 2.75) is 0 Å². The Balaban J connectivity index is 2.45. The molecule has 2 rings (SSSR count). The van der Waals surface area contributed by atoms with E-state index in [-0.39, 0.29) is 5.96 Å². The molecular formula is C12H13N4+. The Hall–Kier alpha value is -2.36. The number of rotatable bonds is 2. The molecule has 0 aliphatic rings. The minimum absolute atomic E-state index is 0.0106. The summed E-state index contributed by atoms with van der Waals surface area (Å²) in [4.78, 5) is 0. The fourth-order valence-corrected chi connectivity index (χ4v) is 1.55. The molecule has 2 aromatic carbocycles. The number of nitrogens with one attached hydrogen (secondary N) is 1. The summed E-state index contributed by atoms with van der Waals surface area (Å²) in [7, 11) is 0. The third kappa shape index (κ3) is 2.17. The van der Waals surface area contributed by atoms with Crippen molar-refractivity contribution >= 4 is 22.9 Å². The fourth-order valence-electron chi connectivity index (χ4n) is 1.55. The van der Waals surface area contributed by atoms with Gasteiger partial charge in [-0.1, -0.05) is 36.4 Å². The maximum Gasteiger partial charge on any atom is 0.256 e. The monoisotopic (exact) mass is 213 g/mol. The van der Waals surface area contributed by atoms with Crippen LogP contribution in [0.25, 0.3) is 10.8 Å². The zero-order valence-corrected chi connectivity index (χ0v) is 8.72. The molecule has 4 nitrogen and oxygen atoms in total. The largest absolute Gasteiger partial charge is 0.365 e. The first kappa shape index (κ1) is 10.2. The van der Waals surface area contributed by atoms with Crippen LogP contribution in [0.4, 0.5) is 0 Å². The molecule has 0 spiro atoms. The lowest BCUT2D eigenvalue weighted by Gasteiger charge is -1.97. The van der Waals surface area contributed by atoms with E-state index < -0.39 is 0 Å². The van der Waals surface area contributed by atoms with E-state index in [1.54, 1.807) is 6.21 Å². The molecule has 0 aliphatic heterocycles. The van der Waals surface area contributed by atoms with Crippen molar-refractivity contribution in [1.82, 2.24) is 0 Å². The molecule has 0 atom stereocenters. The summed E-state index contributed by atoms with van der Waals surface area (Å²) in [5.41, 5.74) is 11.5. The molecule has 4 heteroatoms. The summed E-state index contributed by atoms with van der Waals surface area (Å²) in [6.45, 7) is 0. The van der Waals surface area contributed by atoms with Crippen LogP contribution in [0.5, 0.6) is 0 Å². The Kier molecular flexibility index (Phi) is 2.82. The molecule has 2 aromatic rings. The SMILES string of the molecule is NC(N)=N/[NH+]=C/c1cccc2ccccc12. The average molecular weight is 213 g/mol. The van der Waals surface area contributed by atoms with Crippen molar-refractivity contribution in [3.8, 4) is 0 Å². The number of hydrogen-bond donors (Lipinski definition) is 3. The van der Waals surface area contributed by atoms with Gasteiger partial charge in [-0.05, 0) is 16.8 Å². The molecule has 0 radical (unpaired) electrons. The van der Waals surface area contributed by atoms with Crippen LogP contribution in [0.3, 0.4) is 0 Å². The van der Waals surface area contributed by atoms with E-state index in [1.807, 2.05) is 24.3 Å². The van der Waals surface area contributed by atoms with E-state index in [2.05, 4.69) is 28.4 Å². The Morgan fingerprint density at radius 3 is 2.62 bits per heavy atom. The average Bonchev–Trinajstić information content (AvgIpc) is 2.29. The van der Waals surface area contributed by atoms with Gasteiger partial charge in [0.25, 0.3) is 5.96 Å². The van der Waals surface area contributed by atoms with Crippen LogP contribution in [-0.2, 0) is 0 Å². The minimum atomic E-state index is 0.0106. The topological polar surface area (TPSA) is 78.4 Å². The predicted molar refractivity (Wildman–Crippen MR) is 65.9 cm³/mol. The molecule has 0 aromatic heterocycles. The summed E-state index contributed by atoms with van der Waals surface area (Å²) in [5, 5.41) is 8.74. The van der Waals surface area contributed by atoms with Gasteiger partial charge in [0.1, 0.15) is 0 Å². The molecule has 16 heavy (non-hydrogen) atoms. The van der Waals surface area contributed by atoms with Crippen molar-refractivity contribution in [2.75, 3.05) is 0 Å². The maximum absolute atomic E-state index is 5.21. The van der Waals surface area contributed by atoms with Gasteiger partial charge in [0.15, 0.2) is 0 Å². The van der Waals surface area contributed by atoms with Crippen molar-refractivity contribution in [3.05, 3.63) is 48.0 Å². The second kappa shape index (κ2) is 4.44. The Morgan fingerprint density at radius 2 is 1.81 bits per heavy atom. The van der Waals surface area contributed by atoms with E-state index in [0.29, 0.717) is 0 Å². The van der Waals surface area contributed by atoms with Gasteiger partial charge in [-0.3, -0.25) is 0 Å². The lowest BCUT2D eigenvalue weighted by atomic mass is 10.1. The second-order valence-corrected chi connectivity index (χ2v) is 3.38. The van der Waals surface area contributed by atoms with Crippen LogP contribution in [0.1, 0.15) is 5.56 Å². The van der Waals surface area contributed by atoms with Gasteiger partial charge in [-0.15, -0.1) is 5.10 Å². The van der Waals surface area contributed by atoms with E-state index in [1.165, 1.54) is 5.39 Å². The van der Waals surface area contributed by atoms with Gasteiger partial charge in [0.05, 0.1) is 0 Å². The molecule has 0 amide bonds. The summed E-state index contributed by atoms with van der Waals surface area (Å²) in [6, 6.07) is 14.2. The van der Waals surface area contributed by atoms with E-state index in [9.17, 15) is 0 Å². The van der Waals surface area contributed by atoms with Gasteiger partial charge in [-0.25, -0.2) is 0 Å². The molecule has 80 valence electrons. The predicted octanol–water partition coefficient (Wildman–Crippen LogP) is -0.472. The van der Waals surface area contributed by atoms with Gasteiger partial charge in [0.2, 0.25) is 6.21 Å². The van der Waals surface area contributed by atoms with Crippen LogP contribution >= 0.6 is 0 Å². The Morgan fingerprint density at radius 1 is 1.06 bits per heavy atom. The number of fused-ring (bicyclic) bond motifs is 1. The fraction of sp³-hybridized carbons (Fsp3) is 0. The molecule has 0 bridgehead atoms. The highest BCUT2D eigenvalue weighted by Gasteiger charge is 1.99. The first-order valence-corrected chi connectivity index (χ1v) is 4.92. The molecule has 0 unspecified atom stereocenters. The number of benzene rings is 2. The lowest BCUT2D eigenvalue weighted by Crippen LogP contribution is -2.63. The summed E-state index contributed by atoms with van der Waals surface area (Å²) < 4.78 is 0. The zero-order chi connectivity index (χ0) is 11.4. The normalized spacial score (nSPS) is 10.8. The van der Waals surface area contributed by atoms with Gasteiger partial charge in [0, 0.05) is 10.7 Å². The van der Waals surface area contributed by atoms with Crippen LogP contribution in [0, 0.1) is 0 Å². The van der Waals surface area contributed by atoms with E-state index in [0.717, 1.165) is 10.9 Å². The number of hydrazone groups is 1. The third-order valence-corrected chi connectivity index (χ3v) is 2.24. The van der Waals surface area contributed by atoms with Crippen molar-refractivity contribution in [3.63, 3.8) is 0 Å². The van der Waals surface area contributed by atoms with Crippen molar-refractivity contribution in [1.29, 1.82) is 0 Å².